The van der Waals surface area contributed by atoms with Gasteiger partial charge in [-0.1, -0.05) is 0 Å². The fourth-order valence-corrected chi connectivity index (χ4v) is 1.70. The summed E-state index contributed by atoms with van der Waals surface area (Å²) in [7, 11) is 1.62. The second-order valence-corrected chi connectivity index (χ2v) is 3.88. The zero-order chi connectivity index (χ0) is 13.0. The van der Waals surface area contributed by atoms with Gasteiger partial charge in [-0.2, -0.15) is 0 Å². The van der Waals surface area contributed by atoms with Crippen LogP contribution < -0.4 is 15.8 Å². The van der Waals surface area contributed by atoms with Gasteiger partial charge in [0, 0.05) is 30.1 Å². The number of methoxy groups -OCH3 is 1. The molecule has 0 unspecified atom stereocenters. The molecule has 0 aliphatic heterocycles. The number of nitrogens with one attached hydrogen (secondary N) is 1. The second kappa shape index (κ2) is 5.39. The number of aryl methyl sites for hydroxylation is 1. The van der Waals surface area contributed by atoms with E-state index in [9.17, 15) is 0 Å². The molecule has 3 N–H and O–H groups in total. The Kier molecular flexibility index (Phi) is 3.66. The van der Waals surface area contributed by atoms with Crippen LogP contribution in [0.25, 0.3) is 0 Å². The first-order chi connectivity index (χ1) is 8.72. The van der Waals surface area contributed by atoms with Crippen LogP contribution >= 0.6 is 0 Å². The highest BCUT2D eigenvalue weighted by Gasteiger charge is 2.03. The third-order valence-electron chi connectivity index (χ3n) is 2.65. The maximum atomic E-state index is 5.79. The van der Waals surface area contributed by atoms with Gasteiger partial charge in [-0.15, -0.1) is 10.2 Å². The molecule has 18 heavy (non-hydrogen) atoms. The smallest absolute Gasteiger partial charge is 0.152 e. The summed E-state index contributed by atoms with van der Waals surface area (Å²) in [6.45, 7) is 3.50. The summed E-state index contributed by atoms with van der Waals surface area (Å²) in [6, 6.07) is 5.53. The molecular formula is C12H17N5O. The van der Waals surface area contributed by atoms with E-state index in [-0.39, 0.29) is 0 Å². The molecule has 2 aromatic rings. The molecule has 6 nitrogen and oxygen atoms in total. The lowest BCUT2D eigenvalue weighted by atomic mass is 10.2. The molecule has 0 aliphatic rings. The Morgan fingerprint density at radius 3 is 2.94 bits per heavy atom. The normalized spacial score (nSPS) is 10.3. The molecule has 1 aromatic carbocycles. The second-order valence-electron chi connectivity index (χ2n) is 3.88. The fraction of sp³-hybridized carbons (Fsp3) is 0.333. The van der Waals surface area contributed by atoms with Gasteiger partial charge in [0.25, 0.3) is 0 Å². The van der Waals surface area contributed by atoms with Gasteiger partial charge in [-0.05, 0) is 13.0 Å². The van der Waals surface area contributed by atoms with Crippen LogP contribution in [0.4, 0.5) is 11.4 Å². The van der Waals surface area contributed by atoms with Gasteiger partial charge in [0.15, 0.2) is 5.82 Å². The monoisotopic (exact) mass is 247 g/mol. The van der Waals surface area contributed by atoms with E-state index in [1.807, 2.05) is 16.7 Å². The molecule has 0 saturated carbocycles. The largest absolute Gasteiger partial charge is 0.497 e. The van der Waals surface area contributed by atoms with Gasteiger partial charge in [0.2, 0.25) is 0 Å². The maximum absolute atomic E-state index is 5.79. The van der Waals surface area contributed by atoms with Crippen LogP contribution in [-0.4, -0.2) is 21.9 Å². The van der Waals surface area contributed by atoms with Crippen molar-refractivity contribution in [2.75, 3.05) is 18.2 Å². The Morgan fingerprint density at radius 1 is 1.39 bits per heavy atom. The molecule has 0 spiro atoms. The number of anilines is 2. The van der Waals surface area contributed by atoms with E-state index in [4.69, 9.17) is 10.5 Å². The van der Waals surface area contributed by atoms with E-state index in [2.05, 4.69) is 22.4 Å². The van der Waals surface area contributed by atoms with Gasteiger partial charge < -0.3 is 20.4 Å². The predicted molar refractivity (Wildman–Crippen MR) is 70.4 cm³/mol. The highest BCUT2D eigenvalue weighted by atomic mass is 16.5. The van der Waals surface area contributed by atoms with E-state index < -0.39 is 0 Å². The van der Waals surface area contributed by atoms with Crippen molar-refractivity contribution in [2.45, 2.75) is 20.0 Å². The lowest BCUT2D eigenvalue weighted by Gasteiger charge is -2.09. The molecule has 0 bridgehead atoms. The Balaban J connectivity index is 2.08. The highest BCUT2D eigenvalue weighted by Crippen LogP contribution is 2.22. The standard InChI is InChI=1S/C12H17N5O/c1-3-17-8-15-16-12(17)7-14-10-4-9(13)5-11(6-10)18-2/h4-6,8,14H,3,7,13H2,1-2H3. The molecule has 1 heterocycles. The fourth-order valence-electron chi connectivity index (χ4n) is 1.70. The number of nitrogen functional groups attached to an aromatic ring is 1. The van der Waals surface area contributed by atoms with Crippen LogP contribution in [0.15, 0.2) is 24.5 Å². The Morgan fingerprint density at radius 2 is 2.22 bits per heavy atom. The van der Waals surface area contributed by atoms with E-state index in [1.165, 1.54) is 0 Å². The molecule has 0 saturated heterocycles. The summed E-state index contributed by atoms with van der Waals surface area (Å²) in [4.78, 5) is 0. The van der Waals surface area contributed by atoms with Crippen LogP contribution in [0.2, 0.25) is 0 Å². The Hall–Kier alpha value is -2.24. The van der Waals surface area contributed by atoms with Crippen LogP contribution in [0.3, 0.4) is 0 Å². The zero-order valence-electron chi connectivity index (χ0n) is 10.6. The van der Waals surface area contributed by atoms with Crippen molar-refractivity contribution < 1.29 is 4.74 Å². The van der Waals surface area contributed by atoms with Gasteiger partial charge in [-0.3, -0.25) is 0 Å². The topological polar surface area (TPSA) is 78.0 Å². The molecule has 0 atom stereocenters. The molecule has 0 radical (unpaired) electrons. The van der Waals surface area contributed by atoms with Gasteiger partial charge in [0.1, 0.15) is 12.1 Å². The number of nitrogens with zero attached hydrogens (tertiary/aromatic N) is 3. The number of aromatic nitrogens is 3. The van der Waals surface area contributed by atoms with Gasteiger partial charge in [-0.25, -0.2) is 0 Å². The molecule has 6 heteroatoms. The van der Waals surface area contributed by atoms with Crippen LogP contribution in [-0.2, 0) is 13.1 Å². The first-order valence-electron chi connectivity index (χ1n) is 5.78. The molecule has 96 valence electrons. The number of hydrogen-bond acceptors (Lipinski definition) is 5. The third-order valence-corrected chi connectivity index (χ3v) is 2.65. The summed E-state index contributed by atoms with van der Waals surface area (Å²) >= 11 is 0. The van der Waals surface area contributed by atoms with E-state index in [1.54, 1.807) is 19.5 Å². The minimum Gasteiger partial charge on any atom is -0.497 e. The number of rotatable bonds is 5. The summed E-state index contributed by atoms with van der Waals surface area (Å²) in [5.74, 6) is 1.62. The average Bonchev–Trinajstić information content (AvgIpc) is 2.83. The van der Waals surface area contributed by atoms with Crippen LogP contribution in [0.5, 0.6) is 5.75 Å². The molecule has 2 rings (SSSR count). The summed E-state index contributed by atoms with van der Waals surface area (Å²) in [5.41, 5.74) is 7.35. The molecular weight excluding hydrogens is 230 g/mol. The zero-order valence-corrected chi connectivity index (χ0v) is 10.6. The summed E-state index contributed by atoms with van der Waals surface area (Å²) < 4.78 is 7.15. The number of nitrogens with two attached hydrogens (primary N) is 1. The quantitative estimate of drug-likeness (QED) is 0.783. The van der Waals surface area contributed by atoms with Gasteiger partial charge >= 0.3 is 0 Å². The van der Waals surface area contributed by atoms with E-state index in [0.717, 1.165) is 23.8 Å². The van der Waals surface area contributed by atoms with Crippen LogP contribution in [0.1, 0.15) is 12.7 Å². The van der Waals surface area contributed by atoms with Crippen LogP contribution in [0, 0.1) is 0 Å². The Bertz CT molecular complexity index is 523. The van der Waals surface area contributed by atoms with Crippen molar-refractivity contribution >= 4 is 11.4 Å². The summed E-state index contributed by atoms with van der Waals surface area (Å²) in [6.07, 6.45) is 1.72. The summed E-state index contributed by atoms with van der Waals surface area (Å²) in [5, 5.41) is 11.2. The number of hydrogen-bond donors (Lipinski definition) is 2. The minimum atomic E-state index is 0.598. The van der Waals surface area contributed by atoms with E-state index >= 15 is 0 Å². The van der Waals surface area contributed by atoms with E-state index in [0.29, 0.717) is 12.2 Å². The molecule has 0 amide bonds. The molecule has 0 fully saturated rings. The third kappa shape index (κ3) is 2.71. The first-order valence-corrected chi connectivity index (χ1v) is 5.78. The first kappa shape index (κ1) is 12.2. The van der Waals surface area contributed by atoms with Crippen molar-refractivity contribution in [3.63, 3.8) is 0 Å². The van der Waals surface area contributed by atoms with Crippen molar-refractivity contribution in [2.24, 2.45) is 0 Å². The maximum Gasteiger partial charge on any atom is 0.152 e. The van der Waals surface area contributed by atoms with Gasteiger partial charge in [0.05, 0.1) is 13.7 Å². The predicted octanol–water partition coefficient (Wildman–Crippen LogP) is 1.50. The molecule has 0 aliphatic carbocycles. The van der Waals surface area contributed by atoms with Crippen molar-refractivity contribution in [3.8, 4) is 5.75 Å². The number of benzene rings is 1. The average molecular weight is 247 g/mol. The lowest BCUT2D eigenvalue weighted by Crippen LogP contribution is -2.07. The number of ether oxygens (including phenoxy) is 1. The highest BCUT2D eigenvalue weighted by molar-refractivity contribution is 5.59. The Labute approximate surface area is 106 Å². The van der Waals surface area contributed by atoms with Crippen molar-refractivity contribution in [1.29, 1.82) is 0 Å². The lowest BCUT2D eigenvalue weighted by molar-refractivity contribution is 0.415. The SMILES string of the molecule is CCn1cnnc1CNc1cc(N)cc(OC)c1. The van der Waals surface area contributed by atoms with Crippen molar-refractivity contribution in [3.05, 3.63) is 30.4 Å². The minimum absolute atomic E-state index is 0.598. The molecule has 1 aromatic heterocycles. The van der Waals surface area contributed by atoms with Crippen molar-refractivity contribution in [1.82, 2.24) is 14.8 Å².